The molecule has 0 radical (unpaired) electrons. The van der Waals surface area contributed by atoms with E-state index in [0.717, 1.165) is 5.69 Å². The summed E-state index contributed by atoms with van der Waals surface area (Å²) in [5, 5.41) is 6.29. The molecule has 110 valence electrons. The van der Waals surface area contributed by atoms with Crippen LogP contribution in [0.4, 0.5) is 15.8 Å². The predicted octanol–water partition coefficient (Wildman–Crippen LogP) is 5.52. The predicted molar refractivity (Wildman–Crippen MR) is 94.5 cm³/mol. The number of benzene rings is 2. The lowest BCUT2D eigenvalue weighted by Crippen LogP contribution is -2.19. The first-order valence-corrected chi connectivity index (χ1v) is 7.79. The summed E-state index contributed by atoms with van der Waals surface area (Å²) in [4.78, 5) is 0. The molecule has 0 atom stereocenters. The highest BCUT2D eigenvalue weighted by atomic mass is 79.9. The maximum atomic E-state index is 13.7. The van der Waals surface area contributed by atoms with Crippen molar-refractivity contribution in [3.8, 4) is 0 Å². The highest BCUT2D eigenvalue weighted by Crippen LogP contribution is 2.21. The van der Waals surface area contributed by atoms with E-state index in [2.05, 4.69) is 46.5 Å². The molecule has 0 saturated carbocycles. The van der Waals surface area contributed by atoms with Crippen LogP contribution in [0, 0.1) is 5.82 Å². The molecule has 0 spiro atoms. The van der Waals surface area contributed by atoms with Gasteiger partial charge >= 0.3 is 0 Å². The van der Waals surface area contributed by atoms with Gasteiger partial charge in [-0.1, -0.05) is 41.9 Å². The maximum absolute atomic E-state index is 13.7. The van der Waals surface area contributed by atoms with Crippen molar-refractivity contribution in [3.05, 3.63) is 58.3 Å². The summed E-state index contributed by atoms with van der Waals surface area (Å²) in [5.41, 5.74) is 2.45. The fraction of sp³-hybridized carbons (Fsp3) is 0.188. The van der Waals surface area contributed by atoms with Gasteiger partial charge in [0.2, 0.25) is 0 Å². The molecule has 0 saturated heterocycles. The number of thiocarbonyl (C=S) groups is 1. The van der Waals surface area contributed by atoms with Crippen molar-refractivity contribution in [1.82, 2.24) is 0 Å². The van der Waals surface area contributed by atoms with Crippen LogP contribution >= 0.6 is 28.1 Å². The van der Waals surface area contributed by atoms with Crippen molar-refractivity contribution in [2.75, 3.05) is 10.6 Å². The van der Waals surface area contributed by atoms with Gasteiger partial charge in [-0.05, 0) is 54.0 Å². The van der Waals surface area contributed by atoms with Gasteiger partial charge in [0, 0.05) is 10.2 Å². The van der Waals surface area contributed by atoms with E-state index in [0.29, 0.717) is 21.2 Å². The maximum Gasteiger partial charge on any atom is 0.175 e. The Kier molecular flexibility index (Phi) is 5.31. The quantitative estimate of drug-likeness (QED) is 0.699. The molecule has 0 aromatic heterocycles. The Hall–Kier alpha value is -1.46. The third-order valence-corrected chi connectivity index (χ3v) is 3.69. The monoisotopic (exact) mass is 366 g/mol. The first-order chi connectivity index (χ1) is 9.95. The minimum Gasteiger partial charge on any atom is -0.332 e. The first-order valence-electron chi connectivity index (χ1n) is 6.58. The van der Waals surface area contributed by atoms with Gasteiger partial charge in [-0.3, -0.25) is 0 Å². The van der Waals surface area contributed by atoms with Crippen molar-refractivity contribution in [1.29, 1.82) is 0 Å². The van der Waals surface area contributed by atoms with Crippen LogP contribution in [0.2, 0.25) is 0 Å². The number of nitrogens with one attached hydrogen (secondary N) is 2. The van der Waals surface area contributed by atoms with Crippen LogP contribution in [-0.2, 0) is 0 Å². The Morgan fingerprint density at radius 1 is 1.14 bits per heavy atom. The largest absolute Gasteiger partial charge is 0.332 e. The molecule has 0 unspecified atom stereocenters. The van der Waals surface area contributed by atoms with E-state index in [1.807, 2.05) is 18.2 Å². The molecule has 2 N–H and O–H groups in total. The average Bonchev–Trinajstić information content (AvgIpc) is 2.42. The molecule has 0 heterocycles. The Bertz CT molecular complexity index is 658. The number of hydrogen-bond donors (Lipinski definition) is 2. The Morgan fingerprint density at radius 2 is 1.90 bits per heavy atom. The van der Waals surface area contributed by atoms with E-state index in [1.165, 1.54) is 11.6 Å². The van der Waals surface area contributed by atoms with Gasteiger partial charge in [0.1, 0.15) is 5.82 Å². The van der Waals surface area contributed by atoms with E-state index in [4.69, 9.17) is 12.2 Å². The second kappa shape index (κ2) is 7.00. The first kappa shape index (κ1) is 15.9. The SMILES string of the molecule is CC(C)c1cccc(NC(=S)Nc2ccc(Br)cc2F)c1. The third kappa shape index (κ3) is 4.51. The normalized spacial score (nSPS) is 10.5. The van der Waals surface area contributed by atoms with Crippen LogP contribution in [0.25, 0.3) is 0 Å². The topological polar surface area (TPSA) is 24.1 Å². The van der Waals surface area contributed by atoms with Crippen LogP contribution in [0.3, 0.4) is 0 Å². The molecule has 0 aliphatic rings. The summed E-state index contributed by atoms with van der Waals surface area (Å²) in [6.07, 6.45) is 0. The van der Waals surface area contributed by atoms with Gasteiger partial charge < -0.3 is 10.6 Å². The highest BCUT2D eigenvalue weighted by molar-refractivity contribution is 9.10. The summed E-state index contributed by atoms with van der Waals surface area (Å²) in [5.74, 6) is 0.0849. The van der Waals surface area contributed by atoms with Crippen LogP contribution in [0.1, 0.15) is 25.3 Å². The number of hydrogen-bond acceptors (Lipinski definition) is 1. The lowest BCUT2D eigenvalue weighted by Gasteiger charge is -2.13. The van der Waals surface area contributed by atoms with Crippen LogP contribution in [0.15, 0.2) is 46.9 Å². The molecule has 0 fully saturated rings. The number of rotatable bonds is 3. The van der Waals surface area contributed by atoms with Gasteiger partial charge in [0.05, 0.1) is 5.69 Å². The molecular formula is C16H16BrFN2S. The molecule has 2 rings (SSSR count). The van der Waals surface area contributed by atoms with Crippen molar-refractivity contribution in [2.45, 2.75) is 19.8 Å². The smallest absolute Gasteiger partial charge is 0.175 e. The Labute approximate surface area is 137 Å². The minimum atomic E-state index is -0.357. The average molecular weight is 367 g/mol. The zero-order valence-corrected chi connectivity index (χ0v) is 14.2. The van der Waals surface area contributed by atoms with Gasteiger partial charge in [-0.25, -0.2) is 4.39 Å². The summed E-state index contributed by atoms with van der Waals surface area (Å²) >= 11 is 8.44. The molecule has 0 bridgehead atoms. The molecule has 0 aliphatic carbocycles. The summed E-state index contributed by atoms with van der Waals surface area (Å²) in [6, 6.07) is 12.8. The molecule has 2 aromatic rings. The van der Waals surface area contributed by atoms with Crippen molar-refractivity contribution < 1.29 is 4.39 Å². The van der Waals surface area contributed by atoms with E-state index in [1.54, 1.807) is 12.1 Å². The van der Waals surface area contributed by atoms with Crippen LogP contribution < -0.4 is 10.6 Å². The molecule has 2 nitrogen and oxygen atoms in total. The van der Waals surface area contributed by atoms with Crippen molar-refractivity contribution >= 4 is 44.6 Å². The van der Waals surface area contributed by atoms with Crippen molar-refractivity contribution in [3.63, 3.8) is 0 Å². The zero-order valence-electron chi connectivity index (χ0n) is 11.8. The highest BCUT2D eigenvalue weighted by Gasteiger charge is 2.06. The van der Waals surface area contributed by atoms with E-state index >= 15 is 0 Å². The van der Waals surface area contributed by atoms with E-state index in [-0.39, 0.29) is 5.82 Å². The number of anilines is 2. The second-order valence-electron chi connectivity index (χ2n) is 4.98. The summed E-state index contributed by atoms with van der Waals surface area (Å²) < 4.78 is 14.4. The Balaban J connectivity index is 2.06. The Morgan fingerprint density at radius 3 is 2.57 bits per heavy atom. The van der Waals surface area contributed by atoms with E-state index in [9.17, 15) is 4.39 Å². The van der Waals surface area contributed by atoms with Crippen molar-refractivity contribution in [2.24, 2.45) is 0 Å². The summed E-state index contributed by atoms with van der Waals surface area (Å²) in [6.45, 7) is 4.26. The molecule has 21 heavy (non-hydrogen) atoms. The lowest BCUT2D eigenvalue weighted by molar-refractivity contribution is 0.631. The molecule has 0 aliphatic heterocycles. The minimum absolute atomic E-state index is 0.343. The molecule has 2 aromatic carbocycles. The molecule has 5 heteroatoms. The zero-order chi connectivity index (χ0) is 15.4. The van der Waals surface area contributed by atoms with Gasteiger partial charge in [-0.15, -0.1) is 0 Å². The molecule has 0 amide bonds. The van der Waals surface area contributed by atoms with Gasteiger partial charge in [-0.2, -0.15) is 0 Å². The lowest BCUT2D eigenvalue weighted by atomic mass is 10.0. The van der Waals surface area contributed by atoms with E-state index < -0.39 is 0 Å². The summed E-state index contributed by atoms with van der Waals surface area (Å²) in [7, 11) is 0. The molecular weight excluding hydrogens is 351 g/mol. The standard InChI is InChI=1S/C16H16BrFN2S/c1-10(2)11-4-3-5-13(8-11)19-16(21)20-15-7-6-12(17)9-14(15)18/h3-10H,1-2H3,(H2,19,20,21). The third-order valence-electron chi connectivity index (χ3n) is 2.99. The van der Waals surface area contributed by atoms with Gasteiger partial charge in [0.25, 0.3) is 0 Å². The van der Waals surface area contributed by atoms with Crippen LogP contribution in [0.5, 0.6) is 0 Å². The second-order valence-corrected chi connectivity index (χ2v) is 6.31. The van der Waals surface area contributed by atoms with Gasteiger partial charge in [0.15, 0.2) is 5.11 Å². The van der Waals surface area contributed by atoms with Crippen LogP contribution in [-0.4, -0.2) is 5.11 Å². The fourth-order valence-corrected chi connectivity index (χ4v) is 2.41. The number of halogens is 2. The fourth-order valence-electron chi connectivity index (χ4n) is 1.85.